The number of aromatic nitrogens is 1. The first kappa shape index (κ1) is 34.8. The van der Waals surface area contributed by atoms with E-state index in [9.17, 15) is 24.3 Å². The van der Waals surface area contributed by atoms with E-state index < -0.39 is 53.7 Å². The minimum atomic E-state index is -1.38. The van der Waals surface area contributed by atoms with Crippen LogP contribution in [0.5, 0.6) is 11.6 Å². The summed E-state index contributed by atoms with van der Waals surface area (Å²) in [7, 11) is 1.58. The van der Waals surface area contributed by atoms with Gasteiger partial charge in [0.15, 0.2) is 0 Å². The van der Waals surface area contributed by atoms with Crippen LogP contribution in [0.1, 0.15) is 79.6 Å². The van der Waals surface area contributed by atoms with Crippen molar-refractivity contribution in [3.8, 4) is 11.6 Å². The molecule has 2 fully saturated rings. The Balaban J connectivity index is 1.51. The van der Waals surface area contributed by atoms with Gasteiger partial charge in [0.25, 0.3) is 0 Å². The molecule has 46 heavy (non-hydrogen) atoms. The summed E-state index contributed by atoms with van der Waals surface area (Å²) in [4.78, 5) is 57.8. The molecule has 12 nitrogen and oxygen atoms in total. The van der Waals surface area contributed by atoms with Crippen LogP contribution in [0, 0.1) is 11.8 Å². The van der Waals surface area contributed by atoms with Gasteiger partial charge in [0.1, 0.15) is 35.6 Å². The molecule has 2 aromatic rings. The summed E-state index contributed by atoms with van der Waals surface area (Å²) in [6, 6.07) is 6.30. The maximum atomic E-state index is 13.8. The third-order valence-corrected chi connectivity index (χ3v) is 8.82. The van der Waals surface area contributed by atoms with E-state index in [4.69, 9.17) is 14.2 Å². The van der Waals surface area contributed by atoms with Crippen LogP contribution < -0.4 is 20.1 Å². The fourth-order valence-electron chi connectivity index (χ4n) is 6.29. The first-order valence-electron chi connectivity index (χ1n) is 16.2. The van der Waals surface area contributed by atoms with E-state index in [-0.39, 0.29) is 24.8 Å². The number of methoxy groups -OCH3 is 1. The number of carbonyl (C=O) groups is 4. The van der Waals surface area contributed by atoms with Gasteiger partial charge in [0.2, 0.25) is 17.7 Å². The number of amides is 3. The third-order valence-electron chi connectivity index (χ3n) is 8.82. The van der Waals surface area contributed by atoms with Crippen molar-refractivity contribution < 1.29 is 38.5 Å². The Kier molecular flexibility index (Phi) is 11.0. The van der Waals surface area contributed by atoms with Crippen LogP contribution >= 0.6 is 0 Å². The molecule has 12 heteroatoms. The number of hydrogen-bond donors (Lipinski definition) is 3. The number of ether oxygens (including phenoxy) is 3. The summed E-state index contributed by atoms with van der Waals surface area (Å²) < 4.78 is 16.9. The Labute approximate surface area is 270 Å². The highest BCUT2D eigenvalue weighted by Crippen LogP contribution is 2.50. The third kappa shape index (κ3) is 8.38. The summed E-state index contributed by atoms with van der Waals surface area (Å²) in [5.41, 5.74) is -2.13. The number of carboxylic acids is 1. The minimum absolute atomic E-state index is 0.0402. The second kappa shape index (κ2) is 14.6. The smallest absolute Gasteiger partial charge is 0.408 e. The lowest BCUT2D eigenvalue weighted by Crippen LogP contribution is -2.54. The molecule has 3 amide bonds. The average Bonchev–Trinajstić information content (AvgIpc) is 3.58. The first-order chi connectivity index (χ1) is 21.8. The molecule has 2 unspecified atom stereocenters. The number of aliphatic carboxylic acids is 1. The van der Waals surface area contributed by atoms with E-state index in [0.29, 0.717) is 18.1 Å². The van der Waals surface area contributed by atoms with E-state index >= 15 is 0 Å². The van der Waals surface area contributed by atoms with Crippen molar-refractivity contribution in [1.29, 1.82) is 0 Å². The number of carboxylic acid groups (broad SMARTS) is 1. The Hall–Kier alpha value is -4.09. The fourth-order valence-corrected chi connectivity index (χ4v) is 6.29. The zero-order chi connectivity index (χ0) is 33.6. The molecule has 0 spiro atoms. The normalized spacial score (nSPS) is 23.0. The van der Waals surface area contributed by atoms with Gasteiger partial charge in [-0.2, -0.15) is 0 Å². The van der Waals surface area contributed by atoms with Crippen LogP contribution in [0.25, 0.3) is 10.8 Å². The lowest BCUT2D eigenvalue weighted by molar-refractivity contribution is -0.145. The van der Waals surface area contributed by atoms with Gasteiger partial charge in [0, 0.05) is 18.0 Å². The number of unbranched alkanes of at least 4 members (excludes halogenated alkanes) is 3. The van der Waals surface area contributed by atoms with E-state index in [2.05, 4.69) is 22.5 Å². The van der Waals surface area contributed by atoms with Crippen molar-refractivity contribution in [1.82, 2.24) is 20.5 Å². The highest BCUT2D eigenvalue weighted by molar-refractivity contribution is 5.95. The number of alkyl carbamates (subject to hydrolysis) is 1. The Morgan fingerprint density at radius 1 is 1.15 bits per heavy atom. The number of rotatable bonds is 14. The Morgan fingerprint density at radius 2 is 1.91 bits per heavy atom. The molecule has 5 atom stereocenters. The molecule has 0 bridgehead atoms. The van der Waals surface area contributed by atoms with Gasteiger partial charge in [-0.3, -0.25) is 9.59 Å². The molecule has 252 valence electrons. The Morgan fingerprint density at radius 3 is 2.59 bits per heavy atom. The van der Waals surface area contributed by atoms with Crippen LogP contribution in [-0.4, -0.2) is 82.4 Å². The number of fused-ring (bicyclic) bond motifs is 1. The van der Waals surface area contributed by atoms with Crippen molar-refractivity contribution in [2.24, 2.45) is 11.8 Å². The quantitative estimate of drug-likeness (QED) is 0.250. The van der Waals surface area contributed by atoms with Gasteiger partial charge in [0.05, 0.1) is 13.7 Å². The van der Waals surface area contributed by atoms with Gasteiger partial charge >= 0.3 is 12.1 Å². The van der Waals surface area contributed by atoms with E-state index in [1.807, 2.05) is 25.1 Å². The maximum Gasteiger partial charge on any atom is 0.408 e. The van der Waals surface area contributed by atoms with Crippen molar-refractivity contribution in [3.05, 3.63) is 30.5 Å². The summed E-state index contributed by atoms with van der Waals surface area (Å²) in [5.74, 6) is -1.20. The summed E-state index contributed by atoms with van der Waals surface area (Å²) in [6.45, 7) is 8.96. The van der Waals surface area contributed by atoms with Crippen LogP contribution in [-0.2, 0) is 19.1 Å². The molecule has 2 aliphatic rings. The molecule has 1 saturated carbocycles. The number of nitrogens with one attached hydrogen (secondary N) is 2. The topological polar surface area (TPSA) is 156 Å². The summed E-state index contributed by atoms with van der Waals surface area (Å²) >= 11 is 0. The largest absolute Gasteiger partial charge is 0.497 e. The number of likely N-dealkylation sites (tertiary alicyclic amines) is 1. The number of nitrogens with zero attached hydrogens (tertiary/aromatic N) is 2. The second-order valence-electron chi connectivity index (χ2n) is 13.5. The van der Waals surface area contributed by atoms with Crippen LogP contribution in [0.2, 0.25) is 0 Å². The monoisotopic (exact) mass is 640 g/mol. The number of carbonyl (C=O) groups excluding carboxylic acids is 3. The van der Waals surface area contributed by atoms with Gasteiger partial charge in [-0.1, -0.05) is 46.0 Å². The zero-order valence-electron chi connectivity index (χ0n) is 27.8. The predicted molar refractivity (Wildman–Crippen MR) is 172 cm³/mol. The van der Waals surface area contributed by atoms with Crippen molar-refractivity contribution >= 4 is 34.6 Å². The van der Waals surface area contributed by atoms with Crippen LogP contribution in [0.4, 0.5) is 4.79 Å². The van der Waals surface area contributed by atoms with Crippen molar-refractivity contribution in [3.63, 3.8) is 0 Å². The van der Waals surface area contributed by atoms with E-state index in [1.165, 1.54) is 4.90 Å². The van der Waals surface area contributed by atoms with Crippen molar-refractivity contribution in [2.45, 2.75) is 103 Å². The molecule has 1 aliphatic heterocycles. The molecule has 4 rings (SSSR count). The molecule has 1 aliphatic carbocycles. The van der Waals surface area contributed by atoms with Gasteiger partial charge in [-0.05, 0) is 68.7 Å². The van der Waals surface area contributed by atoms with Gasteiger partial charge in [-0.25, -0.2) is 14.6 Å². The number of hydrogen-bond acceptors (Lipinski definition) is 8. The second-order valence-corrected chi connectivity index (χ2v) is 13.5. The molecule has 1 aromatic heterocycles. The highest BCUT2D eigenvalue weighted by Gasteiger charge is 2.64. The lowest BCUT2D eigenvalue weighted by Gasteiger charge is -2.26. The lowest BCUT2D eigenvalue weighted by atomic mass is 9.94. The fraction of sp³-hybridized carbons (Fsp3) is 0.618. The summed E-state index contributed by atoms with van der Waals surface area (Å²) in [5, 5.41) is 17.1. The van der Waals surface area contributed by atoms with E-state index in [0.717, 1.165) is 42.9 Å². The van der Waals surface area contributed by atoms with Gasteiger partial charge in [-0.15, -0.1) is 0 Å². The van der Waals surface area contributed by atoms with E-state index in [1.54, 1.807) is 40.1 Å². The number of benzene rings is 1. The molecular formula is C34H48N4O8. The standard InChI is InChI=1S/C34H48N4O8/c1-7-8-9-10-11-21(2)26-18-34(26,31(41)42)37-29(40)27-17-24(20-38(27)28(39)19-36-32(43)46-33(3,4)5)45-30-25-13-12-23(44-6)16-22(25)14-15-35-30/h12-16,21,24,26-27H,7-11,17-20H2,1-6H3,(H,36,43)(H,37,40)(H,41,42)/t21?,24?,26-,27-,34+/m0/s1. The van der Waals surface area contributed by atoms with Crippen LogP contribution in [0.3, 0.4) is 0 Å². The molecule has 1 aromatic carbocycles. The minimum Gasteiger partial charge on any atom is -0.497 e. The molecule has 2 heterocycles. The predicted octanol–water partition coefficient (Wildman–Crippen LogP) is 4.68. The molecule has 3 N–H and O–H groups in total. The van der Waals surface area contributed by atoms with Gasteiger partial charge < -0.3 is 34.9 Å². The SMILES string of the molecule is CCCCCCC(C)[C@@H]1C[C@]1(NC(=O)[C@@H]1CC(Oc2nccc3cc(OC)ccc23)CN1C(=O)CNC(=O)OC(C)(C)C)C(=O)O. The first-order valence-corrected chi connectivity index (χ1v) is 16.2. The van der Waals surface area contributed by atoms with Crippen LogP contribution in [0.15, 0.2) is 30.5 Å². The summed E-state index contributed by atoms with van der Waals surface area (Å²) in [6.07, 6.45) is 5.94. The molecular weight excluding hydrogens is 592 g/mol. The zero-order valence-corrected chi connectivity index (χ0v) is 27.8. The maximum absolute atomic E-state index is 13.8. The Bertz CT molecular complexity index is 1430. The molecule has 0 radical (unpaired) electrons. The average molecular weight is 641 g/mol. The van der Waals surface area contributed by atoms with Crippen molar-refractivity contribution in [2.75, 3.05) is 20.2 Å². The number of pyridine rings is 1. The highest BCUT2D eigenvalue weighted by atomic mass is 16.6. The molecule has 1 saturated heterocycles.